The highest BCUT2D eigenvalue weighted by atomic mass is 32.2. The van der Waals surface area contributed by atoms with Gasteiger partial charge in [0.25, 0.3) is 0 Å². The summed E-state index contributed by atoms with van der Waals surface area (Å²) >= 11 is 1.27. The van der Waals surface area contributed by atoms with Crippen LogP contribution in [0.2, 0.25) is 0 Å². The molecule has 78 valence electrons. The summed E-state index contributed by atoms with van der Waals surface area (Å²) in [6.45, 7) is 4.01. The van der Waals surface area contributed by atoms with Crippen molar-refractivity contribution in [3.8, 4) is 0 Å². The molecule has 1 atom stereocenters. The summed E-state index contributed by atoms with van der Waals surface area (Å²) in [6.07, 6.45) is 4.80. The van der Waals surface area contributed by atoms with E-state index < -0.39 is 0 Å². The van der Waals surface area contributed by atoms with E-state index in [9.17, 15) is 4.79 Å². The van der Waals surface area contributed by atoms with E-state index in [4.69, 9.17) is 5.11 Å². The highest BCUT2D eigenvalue weighted by Gasteiger charge is 2.08. The molecule has 0 spiro atoms. The Bertz CT molecular complexity index is 137. The number of hydrogen-bond donors (Lipinski definition) is 1. The predicted octanol–water partition coefficient (Wildman–Crippen LogP) is 2.45. The van der Waals surface area contributed by atoms with Crippen LogP contribution in [0.4, 0.5) is 0 Å². The Morgan fingerprint density at radius 3 is 2.62 bits per heavy atom. The van der Waals surface area contributed by atoms with E-state index in [1.54, 1.807) is 0 Å². The van der Waals surface area contributed by atoms with Gasteiger partial charge in [0.15, 0.2) is 0 Å². The number of unbranched alkanes of at least 4 members (excludes halogenated alkanes) is 1. The standard InChI is InChI=1S/C10H20O2S/c1-3-5-6-9(4-2)8-13-10(12)7-11/h9,11H,3-8H2,1-2H3. The Hall–Kier alpha value is -0.0200. The molecule has 0 rings (SSSR count). The van der Waals surface area contributed by atoms with E-state index in [0.29, 0.717) is 5.92 Å². The molecule has 13 heavy (non-hydrogen) atoms. The molecule has 0 fully saturated rings. The van der Waals surface area contributed by atoms with Crippen LogP contribution < -0.4 is 0 Å². The Labute approximate surface area is 85.1 Å². The van der Waals surface area contributed by atoms with Gasteiger partial charge >= 0.3 is 0 Å². The number of carbonyl (C=O) groups excluding carboxylic acids is 1. The van der Waals surface area contributed by atoms with Crippen molar-refractivity contribution in [2.45, 2.75) is 39.5 Å². The van der Waals surface area contributed by atoms with Gasteiger partial charge in [-0.15, -0.1) is 0 Å². The first-order chi connectivity index (χ1) is 6.24. The summed E-state index contributed by atoms with van der Waals surface area (Å²) in [5, 5.41) is 8.42. The van der Waals surface area contributed by atoms with E-state index in [2.05, 4.69) is 13.8 Å². The van der Waals surface area contributed by atoms with Crippen LogP contribution in [0.1, 0.15) is 39.5 Å². The molecule has 0 aromatic rings. The SMILES string of the molecule is CCCCC(CC)CSC(=O)CO. The van der Waals surface area contributed by atoms with Crippen LogP contribution in [0.3, 0.4) is 0 Å². The van der Waals surface area contributed by atoms with Crippen molar-refractivity contribution in [2.24, 2.45) is 5.92 Å². The fourth-order valence-corrected chi connectivity index (χ4v) is 2.07. The van der Waals surface area contributed by atoms with Gasteiger partial charge in [0.1, 0.15) is 6.61 Å². The van der Waals surface area contributed by atoms with Gasteiger partial charge in [-0.25, -0.2) is 0 Å². The highest BCUT2D eigenvalue weighted by molar-refractivity contribution is 8.13. The highest BCUT2D eigenvalue weighted by Crippen LogP contribution is 2.18. The second-order valence-electron chi connectivity index (χ2n) is 3.26. The molecule has 0 heterocycles. The minimum absolute atomic E-state index is 0.102. The van der Waals surface area contributed by atoms with E-state index in [1.807, 2.05) is 0 Å². The molecular weight excluding hydrogens is 184 g/mol. The fourth-order valence-electron chi connectivity index (χ4n) is 1.15. The molecule has 0 saturated heterocycles. The maximum atomic E-state index is 10.8. The van der Waals surface area contributed by atoms with Crippen molar-refractivity contribution in [1.82, 2.24) is 0 Å². The number of aliphatic hydroxyl groups excluding tert-OH is 1. The third-order valence-electron chi connectivity index (χ3n) is 2.15. The summed E-state index contributed by atoms with van der Waals surface area (Å²) in [5.41, 5.74) is 0. The van der Waals surface area contributed by atoms with Crippen LogP contribution in [0.15, 0.2) is 0 Å². The van der Waals surface area contributed by atoms with E-state index in [1.165, 1.54) is 31.0 Å². The Kier molecular flexibility index (Phi) is 8.56. The van der Waals surface area contributed by atoms with Crippen molar-refractivity contribution < 1.29 is 9.90 Å². The molecule has 1 unspecified atom stereocenters. The predicted molar refractivity (Wildman–Crippen MR) is 57.9 cm³/mol. The molecule has 0 bridgehead atoms. The molecule has 0 aromatic heterocycles. The molecule has 0 aliphatic heterocycles. The molecule has 0 aliphatic rings. The molecule has 1 N–H and O–H groups in total. The quantitative estimate of drug-likeness (QED) is 0.692. The van der Waals surface area contributed by atoms with Crippen LogP contribution >= 0.6 is 11.8 Å². The average Bonchev–Trinajstić information content (AvgIpc) is 2.17. The van der Waals surface area contributed by atoms with Crippen molar-refractivity contribution in [3.05, 3.63) is 0 Å². The number of aliphatic hydroxyl groups is 1. The first-order valence-corrected chi connectivity index (χ1v) is 5.99. The number of carbonyl (C=O) groups is 1. The molecule has 2 nitrogen and oxygen atoms in total. The van der Waals surface area contributed by atoms with Crippen LogP contribution in [-0.2, 0) is 4.79 Å². The van der Waals surface area contributed by atoms with Crippen molar-refractivity contribution in [1.29, 1.82) is 0 Å². The molecule has 0 aliphatic carbocycles. The zero-order chi connectivity index (χ0) is 10.1. The van der Waals surface area contributed by atoms with Crippen molar-refractivity contribution >= 4 is 16.9 Å². The summed E-state index contributed by atoms with van der Waals surface area (Å²) in [6, 6.07) is 0. The smallest absolute Gasteiger partial charge is 0.214 e. The monoisotopic (exact) mass is 204 g/mol. The summed E-state index contributed by atoms with van der Waals surface area (Å²) < 4.78 is 0. The van der Waals surface area contributed by atoms with Crippen molar-refractivity contribution in [2.75, 3.05) is 12.4 Å². The molecular formula is C10H20O2S. The molecule has 0 aromatic carbocycles. The Morgan fingerprint density at radius 1 is 1.46 bits per heavy atom. The van der Waals surface area contributed by atoms with Gasteiger partial charge in [-0.3, -0.25) is 4.79 Å². The first-order valence-electron chi connectivity index (χ1n) is 5.01. The Morgan fingerprint density at radius 2 is 2.15 bits per heavy atom. The maximum absolute atomic E-state index is 10.8. The minimum atomic E-state index is -0.325. The summed E-state index contributed by atoms with van der Waals surface area (Å²) in [5.74, 6) is 1.51. The Balaban J connectivity index is 3.52. The van der Waals surface area contributed by atoms with E-state index >= 15 is 0 Å². The van der Waals surface area contributed by atoms with Gasteiger partial charge in [0.2, 0.25) is 5.12 Å². The molecule has 0 amide bonds. The second kappa shape index (κ2) is 8.57. The van der Waals surface area contributed by atoms with Gasteiger partial charge in [-0.1, -0.05) is 44.9 Å². The zero-order valence-corrected chi connectivity index (χ0v) is 9.40. The lowest BCUT2D eigenvalue weighted by atomic mass is 10.0. The van der Waals surface area contributed by atoms with Crippen molar-refractivity contribution in [3.63, 3.8) is 0 Å². The van der Waals surface area contributed by atoms with Gasteiger partial charge in [0, 0.05) is 5.75 Å². The maximum Gasteiger partial charge on any atom is 0.214 e. The van der Waals surface area contributed by atoms with Gasteiger partial charge in [-0.2, -0.15) is 0 Å². The molecule has 3 heteroatoms. The summed E-state index contributed by atoms with van der Waals surface area (Å²) in [7, 11) is 0. The lowest BCUT2D eigenvalue weighted by Gasteiger charge is -2.12. The molecule has 0 saturated carbocycles. The number of thioether (sulfide) groups is 1. The fraction of sp³-hybridized carbons (Fsp3) is 0.900. The second-order valence-corrected chi connectivity index (χ2v) is 4.33. The lowest BCUT2D eigenvalue weighted by Crippen LogP contribution is -2.07. The van der Waals surface area contributed by atoms with Crippen LogP contribution in [0, 0.1) is 5.92 Å². The minimum Gasteiger partial charge on any atom is -0.388 e. The number of hydrogen-bond acceptors (Lipinski definition) is 3. The topological polar surface area (TPSA) is 37.3 Å². The van der Waals surface area contributed by atoms with E-state index in [0.717, 1.165) is 12.2 Å². The first kappa shape index (κ1) is 13.0. The van der Waals surface area contributed by atoms with Crippen LogP contribution in [-0.4, -0.2) is 22.6 Å². The summed E-state index contributed by atoms with van der Waals surface area (Å²) in [4.78, 5) is 10.8. The third kappa shape index (κ3) is 7.08. The third-order valence-corrected chi connectivity index (χ3v) is 3.24. The lowest BCUT2D eigenvalue weighted by molar-refractivity contribution is -0.113. The van der Waals surface area contributed by atoms with Crippen LogP contribution in [0.25, 0.3) is 0 Å². The van der Waals surface area contributed by atoms with Gasteiger partial charge in [-0.05, 0) is 12.3 Å². The average molecular weight is 204 g/mol. The van der Waals surface area contributed by atoms with Gasteiger partial charge < -0.3 is 5.11 Å². The van der Waals surface area contributed by atoms with E-state index in [-0.39, 0.29) is 11.7 Å². The number of rotatable bonds is 7. The largest absolute Gasteiger partial charge is 0.388 e. The molecule has 0 radical (unpaired) electrons. The van der Waals surface area contributed by atoms with Gasteiger partial charge in [0.05, 0.1) is 0 Å². The van der Waals surface area contributed by atoms with Crippen LogP contribution in [0.5, 0.6) is 0 Å². The zero-order valence-electron chi connectivity index (χ0n) is 8.58. The normalized spacial score (nSPS) is 12.8.